The minimum Gasteiger partial charge on any atom is -0.482 e. The number of nitrogens with zero attached hydrogens (tertiary/aromatic N) is 1. The van der Waals surface area contributed by atoms with E-state index in [4.69, 9.17) is 9.84 Å². The van der Waals surface area contributed by atoms with Crippen molar-refractivity contribution in [2.24, 2.45) is 0 Å². The van der Waals surface area contributed by atoms with E-state index in [1.165, 1.54) is 0 Å². The van der Waals surface area contributed by atoms with Crippen LogP contribution in [0.3, 0.4) is 0 Å². The van der Waals surface area contributed by atoms with Crippen LogP contribution in [-0.4, -0.2) is 41.7 Å². The highest BCUT2D eigenvalue weighted by atomic mass is 16.5. The first-order chi connectivity index (χ1) is 10.1. The van der Waals surface area contributed by atoms with Crippen LogP contribution in [0.25, 0.3) is 0 Å². The highest BCUT2D eigenvalue weighted by Gasteiger charge is 2.12. The number of carboxylic acids is 1. The van der Waals surface area contributed by atoms with E-state index in [-0.39, 0.29) is 12.6 Å². The summed E-state index contributed by atoms with van der Waals surface area (Å²) >= 11 is 0. The molecular formula is C15H18N2O4. The van der Waals surface area contributed by atoms with Gasteiger partial charge in [-0.15, -0.1) is 0 Å². The van der Waals surface area contributed by atoms with Crippen LogP contribution in [0.5, 0.6) is 5.75 Å². The molecule has 0 fully saturated rings. The Labute approximate surface area is 123 Å². The molecule has 6 heteroatoms. The van der Waals surface area contributed by atoms with Crippen molar-refractivity contribution in [2.45, 2.75) is 13.0 Å². The van der Waals surface area contributed by atoms with Crippen LogP contribution in [0.1, 0.15) is 12.0 Å². The fourth-order valence-corrected chi connectivity index (χ4v) is 2.01. The molecule has 0 unspecified atom stereocenters. The van der Waals surface area contributed by atoms with Crippen LogP contribution in [0.4, 0.5) is 4.79 Å². The van der Waals surface area contributed by atoms with Crippen molar-refractivity contribution >= 4 is 12.0 Å². The number of hydrogen-bond acceptors (Lipinski definition) is 3. The van der Waals surface area contributed by atoms with Gasteiger partial charge in [0, 0.05) is 19.6 Å². The summed E-state index contributed by atoms with van der Waals surface area (Å²) in [4.78, 5) is 24.1. The molecule has 2 N–H and O–H groups in total. The predicted octanol–water partition coefficient (Wildman–Crippen LogP) is 1.62. The van der Waals surface area contributed by atoms with E-state index < -0.39 is 5.97 Å². The molecule has 0 saturated heterocycles. The highest BCUT2D eigenvalue weighted by Crippen LogP contribution is 2.13. The van der Waals surface area contributed by atoms with Crippen LogP contribution in [0.15, 0.2) is 36.4 Å². The molecule has 1 aromatic carbocycles. The highest BCUT2D eigenvalue weighted by molar-refractivity contribution is 5.74. The monoisotopic (exact) mass is 290 g/mol. The standard InChI is InChI=1S/C15H18N2O4/c18-14(19)11-21-13-6-4-5-12(9-13)10-16-15(20)17-7-2-1-3-8-17/h1-2,4-6,9H,3,7-8,10-11H2,(H,16,20)(H,18,19). The van der Waals surface area contributed by atoms with Gasteiger partial charge in [0.25, 0.3) is 0 Å². The van der Waals surface area contributed by atoms with Gasteiger partial charge in [0.05, 0.1) is 0 Å². The maximum atomic E-state index is 11.9. The normalized spacial score (nSPS) is 13.8. The molecule has 2 rings (SSSR count). The SMILES string of the molecule is O=C(O)COc1cccc(CNC(=O)N2CC=CCC2)c1. The van der Waals surface area contributed by atoms with Gasteiger partial charge in [-0.2, -0.15) is 0 Å². The second-order valence-corrected chi connectivity index (χ2v) is 4.69. The van der Waals surface area contributed by atoms with Gasteiger partial charge in [-0.05, 0) is 24.1 Å². The number of urea groups is 1. The summed E-state index contributed by atoms with van der Waals surface area (Å²) in [5.41, 5.74) is 0.860. The largest absolute Gasteiger partial charge is 0.482 e. The summed E-state index contributed by atoms with van der Waals surface area (Å²) in [6, 6.07) is 6.92. The van der Waals surface area contributed by atoms with E-state index in [0.29, 0.717) is 18.8 Å². The Morgan fingerprint density at radius 3 is 2.90 bits per heavy atom. The summed E-state index contributed by atoms with van der Waals surface area (Å²) in [7, 11) is 0. The number of carboxylic acid groups (broad SMARTS) is 1. The van der Waals surface area contributed by atoms with Gasteiger partial charge < -0.3 is 20.1 Å². The topological polar surface area (TPSA) is 78.9 Å². The zero-order valence-electron chi connectivity index (χ0n) is 11.6. The Hall–Kier alpha value is -2.50. The van der Waals surface area contributed by atoms with E-state index in [9.17, 15) is 9.59 Å². The zero-order chi connectivity index (χ0) is 15.1. The van der Waals surface area contributed by atoms with Gasteiger partial charge in [-0.3, -0.25) is 0 Å². The summed E-state index contributed by atoms with van der Waals surface area (Å²) in [6.45, 7) is 1.36. The van der Waals surface area contributed by atoms with Crippen LogP contribution in [0.2, 0.25) is 0 Å². The number of carbonyl (C=O) groups is 2. The fraction of sp³-hybridized carbons (Fsp3) is 0.333. The van der Waals surface area contributed by atoms with E-state index in [2.05, 4.69) is 11.4 Å². The van der Waals surface area contributed by atoms with Crippen molar-refractivity contribution in [2.75, 3.05) is 19.7 Å². The van der Waals surface area contributed by atoms with Crippen molar-refractivity contribution < 1.29 is 19.4 Å². The zero-order valence-corrected chi connectivity index (χ0v) is 11.6. The molecule has 0 spiro atoms. The molecule has 0 aliphatic carbocycles. The van der Waals surface area contributed by atoms with Gasteiger partial charge in [0.2, 0.25) is 0 Å². The molecule has 0 atom stereocenters. The molecule has 1 aliphatic heterocycles. The van der Waals surface area contributed by atoms with Crippen molar-refractivity contribution in [3.05, 3.63) is 42.0 Å². The van der Waals surface area contributed by atoms with E-state index in [1.54, 1.807) is 23.1 Å². The molecule has 0 saturated carbocycles. The smallest absolute Gasteiger partial charge is 0.341 e. The number of aliphatic carboxylic acids is 1. The fourth-order valence-electron chi connectivity index (χ4n) is 2.01. The third kappa shape index (κ3) is 4.83. The average Bonchev–Trinajstić information content (AvgIpc) is 2.52. The summed E-state index contributed by atoms with van der Waals surface area (Å²) in [5.74, 6) is -0.545. The first kappa shape index (κ1) is 14.9. The van der Waals surface area contributed by atoms with Crippen molar-refractivity contribution in [3.63, 3.8) is 0 Å². The lowest BCUT2D eigenvalue weighted by Gasteiger charge is -2.23. The Morgan fingerprint density at radius 1 is 1.33 bits per heavy atom. The van der Waals surface area contributed by atoms with Crippen LogP contribution in [0, 0.1) is 0 Å². The molecule has 0 aromatic heterocycles. The molecule has 112 valence electrons. The third-order valence-corrected chi connectivity index (χ3v) is 3.05. The number of ether oxygens (including phenoxy) is 1. The molecule has 0 radical (unpaired) electrons. The Morgan fingerprint density at radius 2 is 2.19 bits per heavy atom. The maximum absolute atomic E-state index is 11.9. The van der Waals surface area contributed by atoms with Crippen LogP contribution in [-0.2, 0) is 11.3 Å². The molecule has 2 amide bonds. The number of benzene rings is 1. The van der Waals surface area contributed by atoms with Gasteiger partial charge in [0.15, 0.2) is 6.61 Å². The molecule has 6 nitrogen and oxygen atoms in total. The Kier molecular flexibility index (Phi) is 5.20. The van der Waals surface area contributed by atoms with Crippen molar-refractivity contribution in [3.8, 4) is 5.75 Å². The molecule has 1 aliphatic rings. The van der Waals surface area contributed by atoms with E-state index in [1.807, 2.05) is 12.1 Å². The van der Waals surface area contributed by atoms with Gasteiger partial charge in [-0.25, -0.2) is 9.59 Å². The lowest BCUT2D eigenvalue weighted by atomic mass is 10.2. The number of rotatable bonds is 5. The van der Waals surface area contributed by atoms with Gasteiger partial charge in [0.1, 0.15) is 5.75 Å². The predicted molar refractivity (Wildman–Crippen MR) is 77.1 cm³/mol. The first-order valence-corrected chi connectivity index (χ1v) is 6.76. The number of hydrogen-bond donors (Lipinski definition) is 2. The van der Waals surface area contributed by atoms with E-state index >= 15 is 0 Å². The summed E-state index contributed by atoms with van der Waals surface area (Å²) in [6.07, 6.45) is 4.92. The van der Waals surface area contributed by atoms with Crippen LogP contribution < -0.4 is 10.1 Å². The number of carbonyl (C=O) groups excluding carboxylic acids is 1. The minimum absolute atomic E-state index is 0.101. The Bertz CT molecular complexity index is 542. The van der Waals surface area contributed by atoms with Crippen LogP contribution >= 0.6 is 0 Å². The van der Waals surface area contributed by atoms with Crippen molar-refractivity contribution in [1.82, 2.24) is 10.2 Å². The molecule has 1 heterocycles. The van der Waals surface area contributed by atoms with Crippen molar-refractivity contribution in [1.29, 1.82) is 0 Å². The number of amides is 2. The summed E-state index contributed by atoms with van der Waals surface area (Å²) in [5, 5.41) is 11.4. The van der Waals surface area contributed by atoms with Gasteiger partial charge in [-0.1, -0.05) is 24.3 Å². The first-order valence-electron chi connectivity index (χ1n) is 6.76. The lowest BCUT2D eigenvalue weighted by molar-refractivity contribution is -0.139. The van der Waals surface area contributed by atoms with E-state index in [0.717, 1.165) is 18.5 Å². The Balaban J connectivity index is 1.84. The summed E-state index contributed by atoms with van der Waals surface area (Å²) < 4.78 is 5.10. The second-order valence-electron chi connectivity index (χ2n) is 4.69. The quantitative estimate of drug-likeness (QED) is 0.808. The van der Waals surface area contributed by atoms with Gasteiger partial charge >= 0.3 is 12.0 Å². The molecule has 0 bridgehead atoms. The molecular weight excluding hydrogens is 272 g/mol. The maximum Gasteiger partial charge on any atom is 0.341 e. The lowest BCUT2D eigenvalue weighted by Crippen LogP contribution is -2.41. The second kappa shape index (κ2) is 7.33. The average molecular weight is 290 g/mol. The minimum atomic E-state index is -1.02. The number of nitrogens with one attached hydrogen (secondary N) is 1. The molecule has 21 heavy (non-hydrogen) atoms. The molecule has 1 aromatic rings. The third-order valence-electron chi connectivity index (χ3n) is 3.05.